The van der Waals surface area contributed by atoms with E-state index in [1.165, 1.54) is 10.5 Å². The van der Waals surface area contributed by atoms with E-state index < -0.39 is 10.0 Å². The molecule has 4 nitrogen and oxygen atoms in total. The summed E-state index contributed by atoms with van der Waals surface area (Å²) in [6.45, 7) is 3.94. The summed E-state index contributed by atoms with van der Waals surface area (Å²) < 4.78 is 26.1. The Morgan fingerprint density at radius 1 is 1.50 bits per heavy atom. The van der Waals surface area contributed by atoms with Gasteiger partial charge in [0.15, 0.2) is 8.68 Å². The fourth-order valence-corrected chi connectivity index (χ4v) is 4.48. The van der Waals surface area contributed by atoms with Gasteiger partial charge in [-0.05, 0) is 12.8 Å². The molecule has 7 heteroatoms. The van der Waals surface area contributed by atoms with E-state index in [2.05, 4.69) is 4.98 Å². The number of sulfonamides is 1. The zero-order valence-corrected chi connectivity index (χ0v) is 11.9. The first kappa shape index (κ1) is 13.9. The van der Waals surface area contributed by atoms with Gasteiger partial charge in [0.25, 0.3) is 10.0 Å². The molecule has 0 saturated carbocycles. The number of halogens is 1. The lowest BCUT2D eigenvalue weighted by Crippen LogP contribution is -2.35. The van der Waals surface area contributed by atoms with Crippen molar-refractivity contribution in [3.8, 4) is 0 Å². The highest BCUT2D eigenvalue weighted by Crippen LogP contribution is 2.26. The van der Waals surface area contributed by atoms with Crippen LogP contribution in [0, 0.1) is 0 Å². The average Bonchev–Trinajstić information content (AvgIpc) is 2.67. The third-order valence-corrected chi connectivity index (χ3v) is 6.01. The van der Waals surface area contributed by atoms with Gasteiger partial charge < -0.3 is 0 Å². The topological polar surface area (TPSA) is 50.3 Å². The number of hydrogen-bond donors (Lipinski definition) is 0. The second-order valence-electron chi connectivity index (χ2n) is 3.42. The molecule has 0 amide bonds. The molecule has 0 radical (unpaired) electrons. The summed E-state index contributed by atoms with van der Waals surface area (Å²) in [6, 6.07) is 0.0193. The Kier molecular flexibility index (Phi) is 4.73. The second-order valence-corrected chi connectivity index (χ2v) is 7.26. The third kappa shape index (κ3) is 2.74. The largest absolute Gasteiger partial charge is 0.254 e. The molecule has 0 bridgehead atoms. The molecule has 1 aromatic heterocycles. The van der Waals surface area contributed by atoms with Crippen molar-refractivity contribution in [2.24, 2.45) is 0 Å². The molecule has 0 atom stereocenters. The van der Waals surface area contributed by atoms with Crippen molar-refractivity contribution in [3.63, 3.8) is 0 Å². The standard InChI is InChI=1S/C9H15ClN2O2S2/c1-4-7(5-2)12(3)16(13,14)8-6-11-9(10)15-8/h6-7H,4-5H2,1-3H3. The van der Waals surface area contributed by atoms with Gasteiger partial charge in [0.1, 0.15) is 0 Å². The van der Waals surface area contributed by atoms with Crippen molar-refractivity contribution in [3.05, 3.63) is 10.7 Å². The van der Waals surface area contributed by atoms with Crippen molar-refractivity contribution < 1.29 is 8.42 Å². The highest BCUT2D eigenvalue weighted by atomic mass is 35.5. The van der Waals surface area contributed by atoms with Crippen LogP contribution in [0.5, 0.6) is 0 Å². The Balaban J connectivity index is 3.02. The quantitative estimate of drug-likeness (QED) is 0.834. The van der Waals surface area contributed by atoms with Gasteiger partial charge in [-0.15, -0.1) is 0 Å². The lowest BCUT2D eigenvalue weighted by Gasteiger charge is -2.24. The van der Waals surface area contributed by atoms with Crippen LogP contribution in [0.15, 0.2) is 10.4 Å². The number of hydrogen-bond acceptors (Lipinski definition) is 4. The summed E-state index contributed by atoms with van der Waals surface area (Å²) in [5.41, 5.74) is 0. The number of thiazole rings is 1. The molecule has 0 fully saturated rings. The highest BCUT2D eigenvalue weighted by molar-refractivity contribution is 7.91. The summed E-state index contributed by atoms with van der Waals surface area (Å²) in [5.74, 6) is 0. The molecule has 1 rings (SSSR count). The minimum absolute atomic E-state index is 0.0193. The number of aromatic nitrogens is 1. The maximum atomic E-state index is 12.1. The van der Waals surface area contributed by atoms with E-state index in [4.69, 9.17) is 11.6 Å². The van der Waals surface area contributed by atoms with Crippen LogP contribution in [0.4, 0.5) is 0 Å². The van der Waals surface area contributed by atoms with Crippen molar-refractivity contribution in [1.82, 2.24) is 9.29 Å². The lowest BCUT2D eigenvalue weighted by molar-refractivity contribution is 0.350. The van der Waals surface area contributed by atoms with E-state index in [1.807, 2.05) is 13.8 Å². The first-order valence-corrected chi connectivity index (χ1v) is 7.66. The first-order chi connectivity index (χ1) is 7.43. The fraction of sp³-hybridized carbons (Fsp3) is 0.667. The van der Waals surface area contributed by atoms with Crippen molar-refractivity contribution in [2.75, 3.05) is 7.05 Å². The van der Waals surface area contributed by atoms with E-state index in [1.54, 1.807) is 7.05 Å². The van der Waals surface area contributed by atoms with Gasteiger partial charge in [0.2, 0.25) is 0 Å². The fourth-order valence-electron chi connectivity index (χ4n) is 1.50. The molecule has 1 aromatic rings. The van der Waals surface area contributed by atoms with Crippen LogP contribution >= 0.6 is 22.9 Å². The zero-order chi connectivity index (χ0) is 12.3. The Hall–Kier alpha value is -0.170. The van der Waals surface area contributed by atoms with E-state index in [-0.39, 0.29) is 14.7 Å². The van der Waals surface area contributed by atoms with Gasteiger partial charge in [-0.3, -0.25) is 0 Å². The molecule has 0 aliphatic rings. The number of rotatable bonds is 5. The predicted octanol–water partition coefficient (Wildman–Crippen LogP) is 2.61. The predicted molar refractivity (Wildman–Crippen MR) is 66.4 cm³/mol. The number of nitrogens with zero attached hydrogens (tertiary/aromatic N) is 2. The van der Waals surface area contributed by atoms with Crippen molar-refractivity contribution in [2.45, 2.75) is 36.9 Å². The summed E-state index contributed by atoms with van der Waals surface area (Å²) >= 11 is 6.63. The maximum absolute atomic E-state index is 12.1. The smallest absolute Gasteiger partial charge is 0.232 e. The van der Waals surface area contributed by atoms with E-state index in [9.17, 15) is 8.42 Å². The van der Waals surface area contributed by atoms with Crippen LogP contribution in [-0.4, -0.2) is 30.8 Å². The minimum atomic E-state index is -3.44. The lowest BCUT2D eigenvalue weighted by atomic mass is 10.2. The monoisotopic (exact) mass is 282 g/mol. The van der Waals surface area contributed by atoms with Crippen LogP contribution in [-0.2, 0) is 10.0 Å². The minimum Gasteiger partial charge on any atom is -0.232 e. The Bertz CT molecular complexity index is 440. The molecule has 0 aliphatic heterocycles. The zero-order valence-electron chi connectivity index (χ0n) is 9.47. The van der Waals surface area contributed by atoms with Gasteiger partial charge >= 0.3 is 0 Å². The van der Waals surface area contributed by atoms with Crippen LogP contribution in [0.2, 0.25) is 4.47 Å². The maximum Gasteiger partial charge on any atom is 0.254 e. The van der Waals surface area contributed by atoms with Gasteiger partial charge in [0, 0.05) is 13.1 Å². The van der Waals surface area contributed by atoms with E-state index >= 15 is 0 Å². The van der Waals surface area contributed by atoms with Crippen LogP contribution in [0.25, 0.3) is 0 Å². The van der Waals surface area contributed by atoms with E-state index in [0.29, 0.717) is 0 Å². The van der Waals surface area contributed by atoms with Gasteiger partial charge in [0.05, 0.1) is 6.20 Å². The molecule has 92 valence electrons. The molecule has 0 saturated heterocycles. The van der Waals surface area contributed by atoms with E-state index in [0.717, 1.165) is 24.2 Å². The van der Waals surface area contributed by atoms with Crippen molar-refractivity contribution >= 4 is 33.0 Å². The third-order valence-electron chi connectivity index (χ3n) is 2.55. The molecule has 0 unspecified atom stereocenters. The average molecular weight is 283 g/mol. The van der Waals surface area contributed by atoms with Gasteiger partial charge in [-0.2, -0.15) is 4.31 Å². The molecule has 1 heterocycles. The molecule has 0 spiro atoms. The Morgan fingerprint density at radius 3 is 2.44 bits per heavy atom. The summed E-state index contributed by atoms with van der Waals surface area (Å²) in [4.78, 5) is 3.75. The highest BCUT2D eigenvalue weighted by Gasteiger charge is 2.27. The first-order valence-electron chi connectivity index (χ1n) is 5.02. The Labute approximate surface area is 105 Å². The Morgan fingerprint density at radius 2 is 2.06 bits per heavy atom. The molecular weight excluding hydrogens is 268 g/mol. The van der Waals surface area contributed by atoms with Gasteiger partial charge in [-0.1, -0.05) is 36.8 Å². The molecule has 16 heavy (non-hydrogen) atoms. The summed E-state index contributed by atoms with van der Waals surface area (Å²) in [6.07, 6.45) is 2.89. The molecule has 0 N–H and O–H groups in total. The molecular formula is C9H15ClN2O2S2. The summed E-state index contributed by atoms with van der Waals surface area (Å²) in [7, 11) is -1.84. The van der Waals surface area contributed by atoms with Crippen molar-refractivity contribution in [1.29, 1.82) is 0 Å². The van der Waals surface area contributed by atoms with Crippen LogP contribution in [0.1, 0.15) is 26.7 Å². The molecule has 0 aliphatic carbocycles. The second kappa shape index (κ2) is 5.44. The van der Waals surface area contributed by atoms with Crippen LogP contribution < -0.4 is 0 Å². The summed E-state index contributed by atoms with van der Waals surface area (Å²) in [5, 5.41) is 0. The normalized spacial score (nSPS) is 12.6. The molecule has 0 aromatic carbocycles. The SMILES string of the molecule is CCC(CC)N(C)S(=O)(=O)c1cnc(Cl)s1. The van der Waals surface area contributed by atoms with Crippen LogP contribution in [0.3, 0.4) is 0 Å². The van der Waals surface area contributed by atoms with Gasteiger partial charge in [-0.25, -0.2) is 13.4 Å².